The summed E-state index contributed by atoms with van der Waals surface area (Å²) in [5.41, 5.74) is 2.47. The van der Waals surface area contributed by atoms with Gasteiger partial charge in [-0.25, -0.2) is 14.0 Å². The van der Waals surface area contributed by atoms with Crippen molar-refractivity contribution in [3.63, 3.8) is 0 Å². The Morgan fingerprint density at radius 3 is 2.02 bits per heavy atom. The fourth-order valence-electron chi connectivity index (χ4n) is 4.35. The van der Waals surface area contributed by atoms with E-state index in [1.807, 2.05) is 30.6 Å². The lowest BCUT2D eigenvalue weighted by Crippen LogP contribution is -2.64. The molecule has 15 heteroatoms. The summed E-state index contributed by atoms with van der Waals surface area (Å²) >= 11 is 0. The lowest BCUT2D eigenvalue weighted by Gasteiger charge is -2.53. The van der Waals surface area contributed by atoms with Crippen LogP contribution in [0, 0.1) is 11.7 Å². The van der Waals surface area contributed by atoms with Crippen LogP contribution in [0.1, 0.15) is 24.0 Å². The van der Waals surface area contributed by atoms with E-state index in [0.717, 1.165) is 51.3 Å². The molecule has 8 nitrogen and oxygen atoms in total. The monoisotopic (exact) mass is 597 g/mol. The molecule has 41 heavy (non-hydrogen) atoms. The summed E-state index contributed by atoms with van der Waals surface area (Å²) in [6.45, 7) is 5.70. The number of likely N-dealkylation sites (tertiary alicyclic amines) is 1. The molecule has 2 aromatic rings. The minimum atomic E-state index is -5.08. The lowest BCUT2D eigenvalue weighted by atomic mass is 9.82. The van der Waals surface area contributed by atoms with Crippen LogP contribution >= 0.6 is 0 Å². The molecule has 1 spiro atoms. The smallest absolute Gasteiger partial charge is 0.475 e. The minimum Gasteiger partial charge on any atom is -0.475 e. The van der Waals surface area contributed by atoms with Crippen LogP contribution in [-0.4, -0.2) is 88.2 Å². The molecule has 3 heterocycles. The average molecular weight is 598 g/mol. The van der Waals surface area contributed by atoms with Crippen LogP contribution in [0.4, 0.5) is 30.7 Å². The zero-order chi connectivity index (χ0) is 30.8. The molecule has 0 bridgehead atoms. The van der Waals surface area contributed by atoms with Gasteiger partial charge >= 0.3 is 24.3 Å². The van der Waals surface area contributed by atoms with E-state index < -0.39 is 24.3 Å². The molecule has 2 fully saturated rings. The van der Waals surface area contributed by atoms with E-state index in [9.17, 15) is 30.7 Å². The second-order valence-electron chi connectivity index (χ2n) is 9.83. The van der Waals surface area contributed by atoms with E-state index in [4.69, 9.17) is 24.5 Å². The van der Waals surface area contributed by atoms with Crippen molar-refractivity contribution >= 4 is 11.9 Å². The number of aliphatic carboxylic acids is 2. The minimum absolute atomic E-state index is 0.0540. The fraction of sp³-hybridized carbons (Fsp3) is 0.500. The Labute approximate surface area is 231 Å². The van der Waals surface area contributed by atoms with Gasteiger partial charge in [-0.05, 0) is 55.1 Å². The van der Waals surface area contributed by atoms with E-state index >= 15 is 0 Å². The van der Waals surface area contributed by atoms with Crippen molar-refractivity contribution in [2.24, 2.45) is 5.92 Å². The zero-order valence-corrected chi connectivity index (χ0v) is 22.0. The van der Waals surface area contributed by atoms with Gasteiger partial charge in [-0.1, -0.05) is 18.2 Å². The van der Waals surface area contributed by atoms with Gasteiger partial charge in [0, 0.05) is 45.1 Å². The van der Waals surface area contributed by atoms with Crippen molar-refractivity contribution < 1.29 is 55.3 Å². The number of carboxylic acid groups (broad SMARTS) is 2. The number of hydrogen-bond acceptors (Lipinski definition) is 6. The maximum Gasteiger partial charge on any atom is 0.490 e. The van der Waals surface area contributed by atoms with E-state index in [0.29, 0.717) is 5.92 Å². The molecule has 2 aliphatic rings. The van der Waals surface area contributed by atoms with Crippen LogP contribution in [0.5, 0.6) is 0 Å². The SMILES string of the molecule is CN(Cc1cccnc1)CC1CCC2(CN(Cc3ccc(F)cc3)C2)OC1.O=C(O)C(F)(F)F.O=C(O)C(F)(F)F. The van der Waals surface area contributed by atoms with Gasteiger partial charge in [-0.3, -0.25) is 9.88 Å². The molecule has 1 aromatic carbocycles. The highest BCUT2D eigenvalue weighted by Gasteiger charge is 2.46. The lowest BCUT2D eigenvalue weighted by molar-refractivity contribution is -0.193. The van der Waals surface area contributed by atoms with Crippen molar-refractivity contribution in [3.05, 3.63) is 65.7 Å². The molecule has 1 atom stereocenters. The van der Waals surface area contributed by atoms with Gasteiger partial charge in [0.2, 0.25) is 0 Å². The Bertz CT molecular complexity index is 1080. The van der Waals surface area contributed by atoms with E-state index in [2.05, 4.69) is 27.9 Å². The molecular formula is C26H30F7N3O5. The summed E-state index contributed by atoms with van der Waals surface area (Å²) in [5.74, 6) is -5.09. The van der Waals surface area contributed by atoms with Gasteiger partial charge in [0.15, 0.2) is 0 Å². The first-order valence-electron chi connectivity index (χ1n) is 12.3. The summed E-state index contributed by atoms with van der Waals surface area (Å²) < 4.78 is 82.8. The Morgan fingerprint density at radius 2 is 1.59 bits per heavy atom. The Hall–Kier alpha value is -3.30. The zero-order valence-electron chi connectivity index (χ0n) is 22.0. The predicted octanol–water partition coefficient (Wildman–Crippen LogP) is 4.60. The van der Waals surface area contributed by atoms with E-state index in [-0.39, 0.29) is 11.4 Å². The third-order valence-electron chi connectivity index (χ3n) is 6.21. The molecule has 1 unspecified atom stereocenters. The number of carbonyl (C=O) groups is 2. The summed E-state index contributed by atoms with van der Waals surface area (Å²) in [5, 5.41) is 14.2. The molecule has 1 aromatic heterocycles. The Balaban J connectivity index is 0.000000349. The fourth-order valence-corrected chi connectivity index (χ4v) is 4.35. The first kappa shape index (κ1) is 33.9. The van der Waals surface area contributed by atoms with Gasteiger partial charge in [-0.2, -0.15) is 26.3 Å². The molecule has 228 valence electrons. The molecule has 0 aliphatic carbocycles. The molecule has 0 saturated carbocycles. The number of rotatable bonds is 6. The summed E-state index contributed by atoms with van der Waals surface area (Å²) in [4.78, 5) is 26.7. The first-order valence-corrected chi connectivity index (χ1v) is 12.3. The summed E-state index contributed by atoms with van der Waals surface area (Å²) in [6, 6.07) is 10.9. The van der Waals surface area contributed by atoms with Gasteiger partial charge < -0.3 is 19.8 Å². The highest BCUT2D eigenvalue weighted by Crippen LogP contribution is 2.37. The quantitative estimate of drug-likeness (QED) is 0.466. The van der Waals surface area contributed by atoms with Crippen LogP contribution < -0.4 is 0 Å². The number of pyridine rings is 1. The number of aromatic nitrogens is 1. The van der Waals surface area contributed by atoms with Gasteiger partial charge in [0.1, 0.15) is 5.82 Å². The van der Waals surface area contributed by atoms with Crippen LogP contribution in [0.3, 0.4) is 0 Å². The van der Waals surface area contributed by atoms with Crippen LogP contribution in [-0.2, 0) is 27.4 Å². The first-order chi connectivity index (χ1) is 19.0. The topological polar surface area (TPSA) is 103 Å². The van der Waals surface area contributed by atoms with Crippen LogP contribution in [0.25, 0.3) is 0 Å². The van der Waals surface area contributed by atoms with Crippen LogP contribution in [0.15, 0.2) is 48.8 Å². The molecule has 0 amide bonds. The van der Waals surface area contributed by atoms with Crippen molar-refractivity contribution in [1.29, 1.82) is 0 Å². The molecule has 2 saturated heterocycles. The second kappa shape index (κ2) is 14.5. The molecular weight excluding hydrogens is 567 g/mol. The number of ether oxygens (including phenoxy) is 1. The maximum atomic E-state index is 13.0. The number of nitrogens with zero attached hydrogens (tertiary/aromatic N) is 3. The standard InChI is InChI=1S/C22H28FN3O.2C2HF3O2/c1-25(12-19-3-2-10-24-11-19)13-20-8-9-22(27-15-20)16-26(17-22)14-18-4-6-21(23)7-5-18;2*3-2(4,5)1(6)7/h2-7,10-11,20H,8-9,12-17H2,1H3;2*(H,6,7). The highest BCUT2D eigenvalue weighted by molar-refractivity contribution is 5.73. The summed E-state index contributed by atoms with van der Waals surface area (Å²) in [6.07, 6.45) is -4.05. The maximum absolute atomic E-state index is 13.0. The molecule has 2 aliphatic heterocycles. The molecule has 0 radical (unpaired) electrons. The van der Waals surface area contributed by atoms with Crippen molar-refractivity contribution in [1.82, 2.24) is 14.8 Å². The van der Waals surface area contributed by atoms with Crippen molar-refractivity contribution in [3.8, 4) is 0 Å². The number of alkyl halides is 6. The van der Waals surface area contributed by atoms with Gasteiger partial charge in [-0.15, -0.1) is 0 Å². The van der Waals surface area contributed by atoms with E-state index in [1.54, 1.807) is 0 Å². The van der Waals surface area contributed by atoms with Gasteiger partial charge in [0.25, 0.3) is 0 Å². The second-order valence-corrected chi connectivity index (χ2v) is 9.83. The number of benzene rings is 1. The Morgan fingerprint density at radius 1 is 1.02 bits per heavy atom. The Kier molecular flexibility index (Phi) is 12.0. The van der Waals surface area contributed by atoms with Crippen LogP contribution in [0.2, 0.25) is 0 Å². The number of hydrogen-bond donors (Lipinski definition) is 2. The third kappa shape index (κ3) is 12.0. The van der Waals surface area contributed by atoms with E-state index in [1.165, 1.54) is 24.1 Å². The highest BCUT2D eigenvalue weighted by atomic mass is 19.4. The third-order valence-corrected chi connectivity index (χ3v) is 6.21. The van der Waals surface area contributed by atoms with Gasteiger partial charge in [0.05, 0.1) is 12.2 Å². The average Bonchev–Trinajstić information content (AvgIpc) is 2.86. The molecule has 2 N–H and O–H groups in total. The predicted molar refractivity (Wildman–Crippen MR) is 131 cm³/mol. The number of halogens is 7. The van der Waals surface area contributed by atoms with Crippen molar-refractivity contribution in [2.45, 2.75) is 43.9 Å². The largest absolute Gasteiger partial charge is 0.490 e. The van der Waals surface area contributed by atoms with Crippen molar-refractivity contribution in [2.75, 3.05) is 33.3 Å². The molecule has 4 rings (SSSR count). The number of carboxylic acids is 2. The normalized spacial score (nSPS) is 18.4. The summed E-state index contributed by atoms with van der Waals surface area (Å²) in [7, 11) is 2.17.